The van der Waals surface area contributed by atoms with E-state index in [2.05, 4.69) is 20.6 Å². The summed E-state index contributed by atoms with van der Waals surface area (Å²) in [4.78, 5) is 8.91. The molecule has 0 bridgehead atoms. The molecule has 1 atom stereocenters. The van der Waals surface area contributed by atoms with Crippen LogP contribution >= 0.6 is 11.3 Å². The summed E-state index contributed by atoms with van der Waals surface area (Å²) in [6.45, 7) is 0.689. The highest BCUT2D eigenvalue weighted by Crippen LogP contribution is 2.35. The minimum absolute atomic E-state index is 0.117. The number of hydrogen-bond donors (Lipinski definition) is 4. The molecule has 7 nitrogen and oxygen atoms in total. The number of aliphatic hydroxyl groups is 2. The van der Waals surface area contributed by atoms with Crippen molar-refractivity contribution in [3.63, 3.8) is 0 Å². The fraction of sp³-hybridized carbons (Fsp3) is 0.333. The van der Waals surface area contributed by atoms with E-state index in [-0.39, 0.29) is 6.61 Å². The number of unbranched alkanes of at least 4 members (excludes halogenated alkanes) is 1. The van der Waals surface area contributed by atoms with E-state index in [1.807, 2.05) is 17.7 Å². The number of imidazole rings is 1. The van der Waals surface area contributed by atoms with E-state index in [1.165, 1.54) is 6.07 Å². The van der Waals surface area contributed by atoms with Gasteiger partial charge in [-0.25, -0.2) is 9.97 Å². The van der Waals surface area contributed by atoms with Crippen LogP contribution in [0.4, 0.5) is 24.3 Å². The maximum Gasteiger partial charge on any atom is 0.416 e. The summed E-state index contributed by atoms with van der Waals surface area (Å²) in [6.07, 6.45) is -3.85. The molecule has 2 aromatic carbocycles. The average molecular weight is 466 g/mol. The van der Waals surface area contributed by atoms with Crippen LogP contribution in [-0.4, -0.2) is 37.9 Å². The first-order valence-corrected chi connectivity index (χ1v) is 10.8. The van der Waals surface area contributed by atoms with Gasteiger partial charge >= 0.3 is 6.18 Å². The number of aromatic nitrogens is 3. The maximum absolute atomic E-state index is 13.0. The Morgan fingerprint density at radius 2 is 1.91 bits per heavy atom. The van der Waals surface area contributed by atoms with Crippen LogP contribution < -0.4 is 10.6 Å². The van der Waals surface area contributed by atoms with Gasteiger partial charge < -0.3 is 20.1 Å². The summed E-state index contributed by atoms with van der Waals surface area (Å²) in [6, 6.07) is 8.89. The number of thiazole rings is 1. The molecule has 0 fully saturated rings. The topological polar surface area (TPSA) is 95.2 Å². The molecule has 0 amide bonds. The van der Waals surface area contributed by atoms with E-state index < -0.39 is 18.0 Å². The Bertz CT molecular complexity index is 1240. The van der Waals surface area contributed by atoms with Gasteiger partial charge in [0, 0.05) is 13.7 Å². The average Bonchev–Trinajstić information content (AvgIpc) is 3.30. The third-order valence-corrected chi connectivity index (χ3v) is 6.01. The number of nitrogens with zero attached hydrogens (tertiary/aromatic N) is 3. The smallest absolute Gasteiger partial charge is 0.396 e. The standard InChI is InChI=1S/C21H22F3N5O2S/c1-29-16-7-4-12(18(31)25-8-2-3-9-30)10-15(16)26-19(29)28-20-27-14-6-5-13(21(22,23)24)11-17(14)32-20/h4-7,10-11,18,25,30-31H,2-3,8-9H2,1H3,(H,26,27,28). The molecule has 0 saturated carbocycles. The fourth-order valence-electron chi connectivity index (χ4n) is 3.34. The summed E-state index contributed by atoms with van der Waals surface area (Å²) in [5.74, 6) is 0.484. The third kappa shape index (κ3) is 4.70. The molecule has 1 unspecified atom stereocenters. The highest BCUT2D eigenvalue weighted by atomic mass is 32.1. The number of aryl methyl sites for hydroxylation is 1. The molecular formula is C21H22F3N5O2S. The van der Waals surface area contributed by atoms with E-state index in [9.17, 15) is 18.3 Å². The van der Waals surface area contributed by atoms with E-state index >= 15 is 0 Å². The van der Waals surface area contributed by atoms with Crippen molar-refractivity contribution in [3.8, 4) is 0 Å². The van der Waals surface area contributed by atoms with Crippen molar-refractivity contribution in [2.24, 2.45) is 7.05 Å². The van der Waals surface area contributed by atoms with E-state index in [1.54, 1.807) is 12.1 Å². The minimum atomic E-state index is -4.40. The Labute approximate surface area is 185 Å². The number of rotatable bonds is 8. The van der Waals surface area contributed by atoms with Gasteiger partial charge in [-0.3, -0.25) is 5.32 Å². The predicted octanol–water partition coefficient (Wildman–Crippen LogP) is 4.30. The molecular weight excluding hydrogens is 443 g/mol. The second-order valence-corrected chi connectivity index (χ2v) is 8.38. The number of benzene rings is 2. The maximum atomic E-state index is 13.0. The molecule has 4 rings (SSSR count). The first kappa shape index (κ1) is 22.5. The van der Waals surface area contributed by atoms with Gasteiger partial charge in [0.15, 0.2) is 5.13 Å². The summed E-state index contributed by atoms with van der Waals surface area (Å²) in [5, 5.41) is 25.7. The molecule has 4 N–H and O–H groups in total. The summed E-state index contributed by atoms with van der Waals surface area (Å²) < 4.78 is 41.1. The SMILES string of the molecule is Cn1c(Nc2nc3ccc(C(F)(F)F)cc3s2)nc2cc(C(O)NCCCCO)ccc21. The highest BCUT2D eigenvalue weighted by molar-refractivity contribution is 7.22. The lowest BCUT2D eigenvalue weighted by molar-refractivity contribution is -0.137. The zero-order valence-corrected chi connectivity index (χ0v) is 18.0. The molecule has 0 spiro atoms. The quantitative estimate of drug-likeness (QED) is 0.229. The van der Waals surface area contributed by atoms with Crippen LogP contribution in [0.1, 0.15) is 30.2 Å². The van der Waals surface area contributed by atoms with E-state index in [4.69, 9.17) is 5.11 Å². The van der Waals surface area contributed by atoms with E-state index in [0.29, 0.717) is 45.3 Å². The molecule has 0 radical (unpaired) electrons. The van der Waals surface area contributed by atoms with Crippen molar-refractivity contribution in [1.29, 1.82) is 0 Å². The van der Waals surface area contributed by atoms with Gasteiger partial charge in [-0.1, -0.05) is 17.4 Å². The molecule has 2 heterocycles. The van der Waals surface area contributed by atoms with Crippen molar-refractivity contribution in [3.05, 3.63) is 47.5 Å². The summed E-state index contributed by atoms with van der Waals surface area (Å²) in [5.41, 5.74) is 1.90. The lowest BCUT2D eigenvalue weighted by Gasteiger charge is -2.13. The lowest BCUT2D eigenvalue weighted by atomic mass is 10.1. The number of aliphatic hydroxyl groups excluding tert-OH is 2. The molecule has 0 saturated heterocycles. The van der Waals surface area contributed by atoms with Crippen LogP contribution in [0.25, 0.3) is 21.3 Å². The fourth-order valence-corrected chi connectivity index (χ4v) is 4.24. The Balaban J connectivity index is 1.55. The summed E-state index contributed by atoms with van der Waals surface area (Å²) in [7, 11) is 1.82. The van der Waals surface area contributed by atoms with Crippen LogP contribution in [0.15, 0.2) is 36.4 Å². The van der Waals surface area contributed by atoms with Gasteiger partial charge in [-0.05, 0) is 55.3 Å². The number of nitrogens with one attached hydrogen (secondary N) is 2. The molecule has 0 aliphatic carbocycles. The molecule has 2 aromatic heterocycles. The molecule has 170 valence electrons. The van der Waals surface area contributed by atoms with Crippen molar-refractivity contribution < 1.29 is 23.4 Å². The largest absolute Gasteiger partial charge is 0.416 e. The van der Waals surface area contributed by atoms with Crippen LogP contribution in [0, 0.1) is 0 Å². The number of halogens is 3. The van der Waals surface area contributed by atoms with Crippen molar-refractivity contribution >= 4 is 43.7 Å². The molecule has 0 aliphatic heterocycles. The number of hydrogen-bond acceptors (Lipinski definition) is 7. The second kappa shape index (κ2) is 9.02. The number of anilines is 2. The van der Waals surface area contributed by atoms with E-state index in [0.717, 1.165) is 35.4 Å². The monoisotopic (exact) mass is 465 g/mol. The van der Waals surface area contributed by atoms with Crippen LogP contribution in [0.5, 0.6) is 0 Å². The van der Waals surface area contributed by atoms with Gasteiger partial charge in [0.1, 0.15) is 6.23 Å². The van der Waals surface area contributed by atoms with Gasteiger partial charge in [0.25, 0.3) is 0 Å². The normalized spacial score (nSPS) is 13.2. The molecule has 4 aromatic rings. The van der Waals surface area contributed by atoms with Gasteiger partial charge in [0.2, 0.25) is 5.95 Å². The Morgan fingerprint density at radius 1 is 1.09 bits per heavy atom. The zero-order valence-electron chi connectivity index (χ0n) is 17.1. The zero-order chi connectivity index (χ0) is 22.9. The van der Waals surface area contributed by atoms with Crippen LogP contribution in [0.2, 0.25) is 0 Å². The predicted molar refractivity (Wildman–Crippen MR) is 118 cm³/mol. The number of alkyl halides is 3. The second-order valence-electron chi connectivity index (χ2n) is 7.35. The van der Waals surface area contributed by atoms with Gasteiger partial charge in [-0.2, -0.15) is 13.2 Å². The molecule has 11 heteroatoms. The third-order valence-electron chi connectivity index (χ3n) is 5.08. The lowest BCUT2D eigenvalue weighted by Crippen LogP contribution is -2.22. The van der Waals surface area contributed by atoms with Gasteiger partial charge in [-0.15, -0.1) is 0 Å². The Kier molecular flexibility index (Phi) is 6.33. The highest BCUT2D eigenvalue weighted by Gasteiger charge is 2.30. The molecule has 32 heavy (non-hydrogen) atoms. The van der Waals surface area contributed by atoms with Crippen LogP contribution in [-0.2, 0) is 13.2 Å². The van der Waals surface area contributed by atoms with Crippen molar-refractivity contribution in [1.82, 2.24) is 19.9 Å². The van der Waals surface area contributed by atoms with Crippen molar-refractivity contribution in [2.45, 2.75) is 25.2 Å². The minimum Gasteiger partial charge on any atom is -0.396 e. The van der Waals surface area contributed by atoms with Crippen molar-refractivity contribution in [2.75, 3.05) is 18.5 Å². The first-order chi connectivity index (χ1) is 15.3. The summed E-state index contributed by atoms with van der Waals surface area (Å²) >= 11 is 1.12. The Morgan fingerprint density at radius 3 is 2.66 bits per heavy atom. The first-order valence-electron chi connectivity index (χ1n) is 10.00. The van der Waals surface area contributed by atoms with Crippen LogP contribution in [0.3, 0.4) is 0 Å². The number of fused-ring (bicyclic) bond motifs is 2. The Hall–Kier alpha value is -2.73. The van der Waals surface area contributed by atoms with Gasteiger partial charge in [0.05, 0.1) is 26.8 Å². The molecule has 0 aliphatic rings.